The molecular formula is C13H14F2N2O3. The van der Waals surface area contributed by atoms with Gasteiger partial charge in [0.05, 0.1) is 6.54 Å². The molecule has 2 rings (SSSR count). The lowest BCUT2D eigenvalue weighted by Crippen LogP contribution is -2.42. The summed E-state index contributed by atoms with van der Waals surface area (Å²) in [5, 5.41) is 13.9. The van der Waals surface area contributed by atoms with Crippen LogP contribution in [0.4, 0.5) is 14.5 Å². The summed E-state index contributed by atoms with van der Waals surface area (Å²) in [6.07, 6.45) is 1.64. The molecule has 7 heteroatoms. The molecule has 0 aromatic heterocycles. The molecule has 0 spiro atoms. The van der Waals surface area contributed by atoms with Crippen LogP contribution in [0.1, 0.15) is 12.8 Å². The van der Waals surface area contributed by atoms with E-state index in [-0.39, 0.29) is 18.2 Å². The Hall–Kier alpha value is -2.02. The Bertz CT molecular complexity index is 512. The predicted molar refractivity (Wildman–Crippen MR) is 67.1 cm³/mol. The second-order valence-electron chi connectivity index (χ2n) is 4.74. The molecule has 0 heterocycles. The molecule has 3 N–H and O–H groups in total. The van der Waals surface area contributed by atoms with Gasteiger partial charge in [-0.1, -0.05) is 0 Å². The average Bonchev–Trinajstić information content (AvgIpc) is 3.11. The molecule has 0 saturated heterocycles. The normalized spacial score (nSPS) is 15.7. The number of carboxylic acids is 1. The number of anilines is 1. The van der Waals surface area contributed by atoms with Crippen molar-refractivity contribution in [3.8, 4) is 0 Å². The van der Waals surface area contributed by atoms with Crippen molar-refractivity contribution in [1.29, 1.82) is 0 Å². The first-order chi connectivity index (χ1) is 9.45. The minimum Gasteiger partial charge on any atom is -0.480 e. The van der Waals surface area contributed by atoms with E-state index in [0.717, 1.165) is 25.0 Å². The Labute approximate surface area is 114 Å². The fourth-order valence-electron chi connectivity index (χ4n) is 1.92. The van der Waals surface area contributed by atoms with E-state index in [2.05, 4.69) is 10.6 Å². The molecule has 0 aliphatic heterocycles. The summed E-state index contributed by atoms with van der Waals surface area (Å²) < 4.78 is 25.9. The standard InChI is InChI=1S/C13H14F2N2O3/c14-8-3-9(15)5-10(4-8)17-11(18)6-16-12(13(19)20)7-1-2-7/h3-5,7,12,16H,1-2,6H2,(H,17,18)(H,19,20). The number of carbonyl (C=O) groups is 2. The van der Waals surface area contributed by atoms with E-state index in [1.54, 1.807) is 0 Å². The molecule has 0 radical (unpaired) electrons. The van der Waals surface area contributed by atoms with E-state index in [9.17, 15) is 18.4 Å². The SMILES string of the molecule is O=C(CNC(C(=O)O)C1CC1)Nc1cc(F)cc(F)c1. The minimum absolute atomic E-state index is 0.00685. The van der Waals surface area contributed by atoms with Crippen LogP contribution in [0.15, 0.2) is 18.2 Å². The maximum atomic E-state index is 12.9. The van der Waals surface area contributed by atoms with Gasteiger partial charge in [0.2, 0.25) is 5.91 Å². The van der Waals surface area contributed by atoms with Gasteiger partial charge in [0.25, 0.3) is 0 Å². The molecule has 1 fully saturated rings. The molecule has 0 bridgehead atoms. The number of hydrogen-bond donors (Lipinski definition) is 3. The van der Waals surface area contributed by atoms with Crippen LogP contribution in [0.5, 0.6) is 0 Å². The van der Waals surface area contributed by atoms with Gasteiger partial charge < -0.3 is 10.4 Å². The van der Waals surface area contributed by atoms with Crippen molar-refractivity contribution in [3.63, 3.8) is 0 Å². The van der Waals surface area contributed by atoms with Crippen molar-refractivity contribution >= 4 is 17.6 Å². The van der Waals surface area contributed by atoms with Crippen LogP contribution in [0.3, 0.4) is 0 Å². The molecule has 20 heavy (non-hydrogen) atoms. The summed E-state index contributed by atoms with van der Waals surface area (Å²) in [4.78, 5) is 22.5. The van der Waals surface area contributed by atoms with Crippen molar-refractivity contribution in [2.75, 3.05) is 11.9 Å². The number of hydrogen-bond acceptors (Lipinski definition) is 3. The maximum Gasteiger partial charge on any atom is 0.320 e. The fourth-order valence-corrected chi connectivity index (χ4v) is 1.92. The van der Waals surface area contributed by atoms with E-state index in [1.165, 1.54) is 0 Å². The van der Waals surface area contributed by atoms with E-state index in [1.807, 2.05) is 0 Å². The summed E-state index contributed by atoms with van der Waals surface area (Å²) in [5.74, 6) is -3.10. The smallest absolute Gasteiger partial charge is 0.320 e. The molecule has 1 unspecified atom stereocenters. The van der Waals surface area contributed by atoms with Crippen LogP contribution in [0.25, 0.3) is 0 Å². The Balaban J connectivity index is 1.87. The number of carboxylic acid groups (broad SMARTS) is 1. The fraction of sp³-hybridized carbons (Fsp3) is 0.385. The first-order valence-electron chi connectivity index (χ1n) is 6.18. The Morgan fingerprint density at radius 1 is 1.25 bits per heavy atom. The molecule has 1 aromatic rings. The lowest BCUT2D eigenvalue weighted by molar-refractivity contribution is -0.140. The van der Waals surface area contributed by atoms with E-state index >= 15 is 0 Å². The topological polar surface area (TPSA) is 78.4 Å². The second-order valence-corrected chi connectivity index (χ2v) is 4.74. The third-order valence-corrected chi connectivity index (χ3v) is 2.99. The highest BCUT2D eigenvalue weighted by atomic mass is 19.1. The van der Waals surface area contributed by atoms with Crippen LogP contribution >= 0.6 is 0 Å². The highest BCUT2D eigenvalue weighted by Gasteiger charge is 2.36. The molecule has 1 aliphatic rings. The van der Waals surface area contributed by atoms with Gasteiger partial charge >= 0.3 is 5.97 Å². The average molecular weight is 284 g/mol. The molecule has 1 amide bonds. The van der Waals surface area contributed by atoms with Crippen molar-refractivity contribution in [3.05, 3.63) is 29.8 Å². The van der Waals surface area contributed by atoms with E-state index in [4.69, 9.17) is 5.11 Å². The maximum absolute atomic E-state index is 12.9. The molecule has 1 aliphatic carbocycles. The number of benzene rings is 1. The molecule has 1 atom stereocenters. The third kappa shape index (κ3) is 3.99. The summed E-state index contributed by atoms with van der Waals surface area (Å²) in [5.41, 5.74) is -0.00685. The monoisotopic (exact) mass is 284 g/mol. The highest BCUT2D eigenvalue weighted by Crippen LogP contribution is 2.32. The quantitative estimate of drug-likeness (QED) is 0.737. The van der Waals surface area contributed by atoms with Gasteiger partial charge in [-0.2, -0.15) is 0 Å². The Kier molecular flexibility index (Phi) is 4.29. The number of nitrogens with one attached hydrogen (secondary N) is 2. The van der Waals surface area contributed by atoms with Gasteiger partial charge in [0, 0.05) is 11.8 Å². The van der Waals surface area contributed by atoms with Gasteiger partial charge in [-0.3, -0.25) is 14.9 Å². The summed E-state index contributed by atoms with van der Waals surface area (Å²) >= 11 is 0. The number of rotatable bonds is 6. The largest absolute Gasteiger partial charge is 0.480 e. The summed E-state index contributed by atoms with van der Waals surface area (Å²) in [6, 6.07) is 1.90. The van der Waals surface area contributed by atoms with Gasteiger partial charge in [-0.05, 0) is 30.9 Å². The first kappa shape index (κ1) is 14.4. The lowest BCUT2D eigenvalue weighted by atomic mass is 10.2. The number of halogens is 2. The van der Waals surface area contributed by atoms with Crippen LogP contribution in [0.2, 0.25) is 0 Å². The summed E-state index contributed by atoms with van der Waals surface area (Å²) in [6.45, 7) is -0.231. The van der Waals surface area contributed by atoms with Crippen LogP contribution < -0.4 is 10.6 Å². The minimum atomic E-state index is -1.00. The molecule has 1 saturated carbocycles. The first-order valence-corrected chi connectivity index (χ1v) is 6.18. The van der Waals surface area contributed by atoms with E-state index < -0.39 is 29.6 Å². The molecule has 1 aromatic carbocycles. The molecule has 5 nitrogen and oxygen atoms in total. The number of aliphatic carboxylic acids is 1. The zero-order valence-electron chi connectivity index (χ0n) is 10.5. The molecule has 108 valence electrons. The summed E-state index contributed by atoms with van der Waals surface area (Å²) in [7, 11) is 0. The third-order valence-electron chi connectivity index (χ3n) is 2.99. The second kappa shape index (κ2) is 5.96. The Morgan fingerprint density at radius 2 is 1.85 bits per heavy atom. The molecular weight excluding hydrogens is 270 g/mol. The van der Waals surface area contributed by atoms with Crippen LogP contribution in [-0.4, -0.2) is 29.6 Å². The van der Waals surface area contributed by atoms with Crippen molar-refractivity contribution in [2.24, 2.45) is 5.92 Å². The van der Waals surface area contributed by atoms with Crippen molar-refractivity contribution in [2.45, 2.75) is 18.9 Å². The predicted octanol–water partition coefficient (Wildman–Crippen LogP) is 1.36. The zero-order valence-corrected chi connectivity index (χ0v) is 10.5. The number of amides is 1. The van der Waals surface area contributed by atoms with Crippen LogP contribution in [-0.2, 0) is 9.59 Å². The van der Waals surface area contributed by atoms with Gasteiger partial charge in [0.1, 0.15) is 17.7 Å². The lowest BCUT2D eigenvalue weighted by Gasteiger charge is -2.13. The highest BCUT2D eigenvalue weighted by molar-refractivity contribution is 5.92. The van der Waals surface area contributed by atoms with Crippen molar-refractivity contribution < 1.29 is 23.5 Å². The number of carbonyl (C=O) groups excluding carboxylic acids is 1. The van der Waals surface area contributed by atoms with E-state index in [0.29, 0.717) is 6.07 Å². The van der Waals surface area contributed by atoms with Gasteiger partial charge in [-0.25, -0.2) is 8.78 Å². The van der Waals surface area contributed by atoms with Gasteiger partial charge in [0.15, 0.2) is 0 Å². The zero-order chi connectivity index (χ0) is 14.7. The van der Waals surface area contributed by atoms with Gasteiger partial charge in [-0.15, -0.1) is 0 Å². The van der Waals surface area contributed by atoms with Crippen molar-refractivity contribution in [1.82, 2.24) is 5.32 Å². The Morgan fingerprint density at radius 3 is 2.35 bits per heavy atom. The van der Waals surface area contributed by atoms with Crippen LogP contribution in [0, 0.1) is 17.6 Å².